The molecule has 0 aromatic heterocycles. The quantitative estimate of drug-likeness (QED) is 0.679. The van der Waals surface area contributed by atoms with Crippen LogP contribution in [0.4, 0.5) is 0 Å². The van der Waals surface area contributed by atoms with E-state index in [1.807, 2.05) is 6.92 Å². The fourth-order valence-corrected chi connectivity index (χ4v) is 2.13. The van der Waals surface area contributed by atoms with Gasteiger partial charge in [0, 0.05) is 0 Å². The molecule has 3 heteroatoms. The van der Waals surface area contributed by atoms with Gasteiger partial charge in [0.1, 0.15) is 0 Å². The first-order valence-electron chi connectivity index (χ1n) is 5.04. The summed E-state index contributed by atoms with van der Waals surface area (Å²) in [5.41, 5.74) is -1.19. The number of aliphatic hydroxyl groups is 1. The molecule has 2 atom stereocenters. The van der Waals surface area contributed by atoms with Crippen LogP contribution in [0.25, 0.3) is 0 Å². The van der Waals surface area contributed by atoms with E-state index in [1.165, 1.54) is 0 Å². The lowest BCUT2D eigenvalue weighted by Gasteiger charge is -2.26. The van der Waals surface area contributed by atoms with Crippen LogP contribution in [-0.2, 0) is 9.53 Å². The van der Waals surface area contributed by atoms with Gasteiger partial charge in [-0.3, -0.25) is 0 Å². The van der Waals surface area contributed by atoms with Gasteiger partial charge in [0.05, 0.1) is 6.61 Å². The molecule has 0 spiro atoms. The van der Waals surface area contributed by atoms with E-state index >= 15 is 0 Å². The van der Waals surface area contributed by atoms with Crippen molar-refractivity contribution >= 4 is 5.97 Å². The first-order valence-corrected chi connectivity index (χ1v) is 5.04. The Bertz CT molecular complexity index is 191. The Balaban J connectivity index is 2.67. The molecule has 0 saturated heterocycles. The maximum absolute atomic E-state index is 11.5. The lowest BCUT2D eigenvalue weighted by molar-refractivity contribution is -0.169. The third-order valence-corrected chi connectivity index (χ3v) is 2.91. The molecule has 2 unspecified atom stereocenters. The van der Waals surface area contributed by atoms with E-state index in [4.69, 9.17) is 4.74 Å². The number of hydrogen-bond donors (Lipinski definition) is 1. The molecule has 0 heterocycles. The summed E-state index contributed by atoms with van der Waals surface area (Å²) in [6.45, 7) is 4.11. The van der Waals surface area contributed by atoms with Crippen molar-refractivity contribution in [3.05, 3.63) is 0 Å². The SMILES string of the molecule is CCOC(=O)C1(O)CCCC1CC. The van der Waals surface area contributed by atoms with E-state index in [2.05, 4.69) is 0 Å². The zero-order valence-electron chi connectivity index (χ0n) is 8.38. The Morgan fingerprint density at radius 3 is 2.85 bits per heavy atom. The van der Waals surface area contributed by atoms with Crippen molar-refractivity contribution in [2.75, 3.05) is 6.61 Å². The highest BCUT2D eigenvalue weighted by atomic mass is 16.5. The normalized spacial score (nSPS) is 33.3. The van der Waals surface area contributed by atoms with Crippen molar-refractivity contribution in [2.24, 2.45) is 5.92 Å². The van der Waals surface area contributed by atoms with Gasteiger partial charge in [0.15, 0.2) is 5.60 Å². The smallest absolute Gasteiger partial charge is 0.338 e. The summed E-state index contributed by atoms with van der Waals surface area (Å²) < 4.78 is 4.87. The van der Waals surface area contributed by atoms with Gasteiger partial charge in [-0.15, -0.1) is 0 Å². The number of hydrogen-bond acceptors (Lipinski definition) is 3. The Kier molecular flexibility index (Phi) is 3.31. The number of ether oxygens (including phenoxy) is 1. The molecule has 1 N–H and O–H groups in total. The van der Waals surface area contributed by atoms with E-state index in [0.29, 0.717) is 13.0 Å². The van der Waals surface area contributed by atoms with Crippen molar-refractivity contribution in [2.45, 2.75) is 45.1 Å². The Labute approximate surface area is 79.1 Å². The van der Waals surface area contributed by atoms with Crippen LogP contribution < -0.4 is 0 Å². The average molecular weight is 186 g/mol. The Hall–Kier alpha value is -0.570. The lowest BCUT2D eigenvalue weighted by Crippen LogP contribution is -2.43. The first kappa shape index (κ1) is 10.5. The van der Waals surface area contributed by atoms with Crippen molar-refractivity contribution in [3.8, 4) is 0 Å². The van der Waals surface area contributed by atoms with Crippen molar-refractivity contribution in [1.82, 2.24) is 0 Å². The van der Waals surface area contributed by atoms with Crippen LogP contribution in [0.3, 0.4) is 0 Å². The maximum Gasteiger partial charge on any atom is 0.338 e. The lowest BCUT2D eigenvalue weighted by atomic mass is 9.89. The number of rotatable bonds is 3. The predicted molar refractivity (Wildman–Crippen MR) is 49.2 cm³/mol. The topological polar surface area (TPSA) is 46.5 Å². The molecule has 0 bridgehead atoms. The maximum atomic E-state index is 11.5. The molecule has 3 nitrogen and oxygen atoms in total. The summed E-state index contributed by atoms with van der Waals surface area (Å²) in [6.07, 6.45) is 3.26. The zero-order chi connectivity index (χ0) is 9.90. The molecule has 0 aromatic carbocycles. The second kappa shape index (κ2) is 4.09. The predicted octanol–water partition coefficient (Wildman–Crippen LogP) is 1.49. The summed E-state index contributed by atoms with van der Waals surface area (Å²) in [4.78, 5) is 11.5. The number of esters is 1. The largest absolute Gasteiger partial charge is 0.464 e. The van der Waals surface area contributed by atoms with E-state index in [1.54, 1.807) is 6.92 Å². The number of carbonyl (C=O) groups excluding carboxylic acids is 1. The van der Waals surface area contributed by atoms with E-state index < -0.39 is 11.6 Å². The van der Waals surface area contributed by atoms with E-state index in [0.717, 1.165) is 19.3 Å². The second-order valence-corrected chi connectivity index (χ2v) is 3.64. The van der Waals surface area contributed by atoms with Gasteiger partial charge in [-0.05, 0) is 38.5 Å². The van der Waals surface area contributed by atoms with Crippen LogP contribution in [0, 0.1) is 5.92 Å². The first-order chi connectivity index (χ1) is 6.15. The van der Waals surface area contributed by atoms with Gasteiger partial charge in [-0.1, -0.05) is 6.92 Å². The molecule has 0 amide bonds. The zero-order valence-corrected chi connectivity index (χ0v) is 8.38. The fourth-order valence-electron chi connectivity index (χ4n) is 2.13. The third-order valence-electron chi connectivity index (χ3n) is 2.91. The third kappa shape index (κ3) is 1.85. The molecule has 1 saturated carbocycles. The summed E-state index contributed by atoms with van der Waals surface area (Å²) in [5, 5.41) is 10.1. The molecule has 1 aliphatic rings. The molecular weight excluding hydrogens is 168 g/mol. The standard InChI is InChI=1S/C10H18O3/c1-3-8-6-5-7-10(8,12)9(11)13-4-2/h8,12H,3-7H2,1-2H3. The van der Waals surface area contributed by atoms with Gasteiger partial charge in [-0.2, -0.15) is 0 Å². The highest BCUT2D eigenvalue weighted by molar-refractivity contribution is 5.80. The van der Waals surface area contributed by atoms with Crippen LogP contribution in [0.2, 0.25) is 0 Å². The highest BCUT2D eigenvalue weighted by Crippen LogP contribution is 2.38. The van der Waals surface area contributed by atoms with Crippen LogP contribution >= 0.6 is 0 Å². The molecular formula is C10H18O3. The minimum Gasteiger partial charge on any atom is -0.464 e. The summed E-state index contributed by atoms with van der Waals surface area (Å²) in [6, 6.07) is 0. The van der Waals surface area contributed by atoms with E-state index in [9.17, 15) is 9.90 Å². The Morgan fingerprint density at radius 2 is 2.31 bits per heavy atom. The van der Waals surface area contributed by atoms with E-state index in [-0.39, 0.29) is 5.92 Å². The van der Waals surface area contributed by atoms with Crippen molar-refractivity contribution < 1.29 is 14.6 Å². The fraction of sp³-hybridized carbons (Fsp3) is 0.900. The second-order valence-electron chi connectivity index (χ2n) is 3.64. The summed E-state index contributed by atoms with van der Waals surface area (Å²) in [7, 11) is 0. The molecule has 76 valence electrons. The summed E-state index contributed by atoms with van der Waals surface area (Å²) >= 11 is 0. The van der Waals surface area contributed by atoms with Crippen LogP contribution in [-0.4, -0.2) is 23.3 Å². The van der Waals surface area contributed by atoms with Crippen molar-refractivity contribution in [3.63, 3.8) is 0 Å². The molecule has 1 rings (SSSR count). The van der Waals surface area contributed by atoms with Crippen LogP contribution in [0.5, 0.6) is 0 Å². The summed E-state index contributed by atoms with van der Waals surface area (Å²) in [5.74, 6) is -0.342. The highest BCUT2D eigenvalue weighted by Gasteiger charge is 2.47. The molecule has 13 heavy (non-hydrogen) atoms. The van der Waals surface area contributed by atoms with Crippen molar-refractivity contribution in [1.29, 1.82) is 0 Å². The minimum absolute atomic E-state index is 0.0894. The number of carbonyl (C=O) groups is 1. The molecule has 0 aliphatic heterocycles. The van der Waals surface area contributed by atoms with Crippen LogP contribution in [0.1, 0.15) is 39.5 Å². The average Bonchev–Trinajstić information content (AvgIpc) is 2.48. The molecule has 1 aliphatic carbocycles. The minimum atomic E-state index is -1.19. The molecule has 0 radical (unpaired) electrons. The van der Waals surface area contributed by atoms with Gasteiger partial charge in [0.2, 0.25) is 0 Å². The van der Waals surface area contributed by atoms with Crippen LogP contribution in [0.15, 0.2) is 0 Å². The Morgan fingerprint density at radius 1 is 1.62 bits per heavy atom. The molecule has 0 aromatic rings. The van der Waals surface area contributed by atoms with Gasteiger partial charge in [-0.25, -0.2) is 4.79 Å². The van der Waals surface area contributed by atoms with Gasteiger partial charge < -0.3 is 9.84 Å². The van der Waals surface area contributed by atoms with Gasteiger partial charge in [0.25, 0.3) is 0 Å². The van der Waals surface area contributed by atoms with Gasteiger partial charge >= 0.3 is 5.97 Å². The molecule has 1 fully saturated rings. The monoisotopic (exact) mass is 186 g/mol.